The lowest BCUT2D eigenvalue weighted by molar-refractivity contribution is 0.415. The lowest BCUT2D eigenvalue weighted by Crippen LogP contribution is -2.10. The van der Waals surface area contributed by atoms with Gasteiger partial charge in [-0.3, -0.25) is 0 Å². The molecule has 0 aromatic heterocycles. The molecule has 1 atom stereocenters. The molecular weight excluding hydrogens is 318 g/mol. The number of benzene rings is 4. The molecule has 2 heteroatoms. The summed E-state index contributed by atoms with van der Waals surface area (Å²) in [6.45, 7) is 3.17. The first-order valence-corrected chi connectivity index (χ1v) is 9.04. The van der Waals surface area contributed by atoms with Crippen LogP contribution < -0.4 is 10.1 Å². The fraction of sp³-hybridized carbons (Fsp3) is 0.167. The van der Waals surface area contributed by atoms with E-state index in [0.717, 1.165) is 12.3 Å². The van der Waals surface area contributed by atoms with Crippen LogP contribution in [0.2, 0.25) is 0 Å². The molecule has 0 amide bonds. The third-order valence-corrected chi connectivity index (χ3v) is 5.03. The Hall–Kier alpha value is -3.00. The van der Waals surface area contributed by atoms with Gasteiger partial charge >= 0.3 is 0 Å². The molecule has 1 unspecified atom stereocenters. The fourth-order valence-electron chi connectivity index (χ4n) is 3.44. The standard InChI is InChI=1S/C24H23NO/c1-17(16-25-24-9-5-7-18-6-3-4-8-23(18)24)19-10-11-21-15-22(26-2)13-12-20(21)14-19/h3-15,17,25H,16H2,1-2H3. The minimum Gasteiger partial charge on any atom is -0.497 e. The molecule has 4 aromatic rings. The minimum atomic E-state index is 0.417. The van der Waals surface area contributed by atoms with Crippen LogP contribution in [0.5, 0.6) is 5.75 Å². The predicted octanol–water partition coefficient (Wildman–Crippen LogP) is 6.22. The van der Waals surface area contributed by atoms with Gasteiger partial charge in [-0.05, 0) is 45.8 Å². The summed E-state index contributed by atoms with van der Waals surface area (Å²) in [6, 6.07) is 27.8. The Kier molecular flexibility index (Phi) is 4.49. The van der Waals surface area contributed by atoms with Gasteiger partial charge < -0.3 is 10.1 Å². The Balaban J connectivity index is 1.54. The number of rotatable bonds is 5. The summed E-state index contributed by atoms with van der Waals surface area (Å²) in [7, 11) is 1.70. The molecule has 2 nitrogen and oxygen atoms in total. The van der Waals surface area contributed by atoms with E-state index >= 15 is 0 Å². The number of methoxy groups -OCH3 is 1. The number of fused-ring (bicyclic) bond motifs is 2. The molecule has 0 radical (unpaired) electrons. The van der Waals surface area contributed by atoms with E-state index in [1.807, 2.05) is 6.07 Å². The second-order valence-electron chi connectivity index (χ2n) is 6.78. The van der Waals surface area contributed by atoms with Crippen LogP contribution in [0.15, 0.2) is 78.9 Å². The summed E-state index contributed by atoms with van der Waals surface area (Å²) in [5.41, 5.74) is 2.54. The van der Waals surface area contributed by atoms with Crippen LogP contribution in [0.3, 0.4) is 0 Å². The van der Waals surface area contributed by atoms with E-state index in [1.165, 1.54) is 32.8 Å². The summed E-state index contributed by atoms with van der Waals surface area (Å²) < 4.78 is 5.31. The van der Waals surface area contributed by atoms with Crippen LogP contribution in [0.4, 0.5) is 5.69 Å². The Morgan fingerprint density at radius 2 is 1.58 bits per heavy atom. The normalized spacial score (nSPS) is 12.2. The molecule has 4 rings (SSSR count). The van der Waals surface area contributed by atoms with Crippen molar-refractivity contribution < 1.29 is 4.74 Å². The van der Waals surface area contributed by atoms with E-state index in [-0.39, 0.29) is 0 Å². The van der Waals surface area contributed by atoms with Crippen molar-refractivity contribution in [3.8, 4) is 5.75 Å². The molecule has 0 saturated heterocycles. The maximum atomic E-state index is 5.31. The van der Waals surface area contributed by atoms with Crippen molar-refractivity contribution in [1.82, 2.24) is 0 Å². The highest BCUT2D eigenvalue weighted by Gasteiger charge is 2.08. The average molecular weight is 341 g/mol. The van der Waals surface area contributed by atoms with Gasteiger partial charge in [-0.15, -0.1) is 0 Å². The van der Waals surface area contributed by atoms with Crippen LogP contribution in [0.1, 0.15) is 18.4 Å². The fourth-order valence-corrected chi connectivity index (χ4v) is 3.44. The first-order chi connectivity index (χ1) is 12.7. The van der Waals surface area contributed by atoms with E-state index in [4.69, 9.17) is 4.74 Å². The number of anilines is 1. The van der Waals surface area contributed by atoms with E-state index in [9.17, 15) is 0 Å². The van der Waals surface area contributed by atoms with Crippen molar-refractivity contribution in [2.75, 3.05) is 19.0 Å². The van der Waals surface area contributed by atoms with Gasteiger partial charge in [0.25, 0.3) is 0 Å². The first kappa shape index (κ1) is 16.5. The summed E-state index contributed by atoms with van der Waals surface area (Å²) in [5.74, 6) is 1.32. The molecule has 0 fully saturated rings. The van der Waals surface area contributed by atoms with Crippen molar-refractivity contribution in [3.63, 3.8) is 0 Å². The summed E-state index contributed by atoms with van der Waals surface area (Å²) in [4.78, 5) is 0. The van der Waals surface area contributed by atoms with Crippen molar-refractivity contribution in [3.05, 3.63) is 84.4 Å². The van der Waals surface area contributed by atoms with Gasteiger partial charge in [0.1, 0.15) is 5.75 Å². The number of ether oxygens (including phenoxy) is 1. The number of hydrogen-bond donors (Lipinski definition) is 1. The second-order valence-corrected chi connectivity index (χ2v) is 6.78. The second kappa shape index (κ2) is 7.09. The van der Waals surface area contributed by atoms with Crippen LogP contribution >= 0.6 is 0 Å². The molecular formula is C24H23NO. The number of hydrogen-bond acceptors (Lipinski definition) is 2. The first-order valence-electron chi connectivity index (χ1n) is 9.04. The SMILES string of the molecule is COc1ccc2cc(C(C)CNc3cccc4ccccc34)ccc2c1. The lowest BCUT2D eigenvalue weighted by Gasteiger charge is -2.16. The third-order valence-electron chi connectivity index (χ3n) is 5.03. The van der Waals surface area contributed by atoms with Gasteiger partial charge in [0, 0.05) is 17.6 Å². The van der Waals surface area contributed by atoms with Crippen LogP contribution in [0, 0.1) is 0 Å². The van der Waals surface area contributed by atoms with E-state index in [2.05, 4.69) is 85.0 Å². The highest BCUT2D eigenvalue weighted by Crippen LogP contribution is 2.27. The minimum absolute atomic E-state index is 0.417. The van der Waals surface area contributed by atoms with Gasteiger partial charge in [0.2, 0.25) is 0 Å². The zero-order valence-electron chi connectivity index (χ0n) is 15.2. The number of nitrogens with one attached hydrogen (secondary N) is 1. The van der Waals surface area contributed by atoms with Gasteiger partial charge in [0.05, 0.1) is 7.11 Å². The lowest BCUT2D eigenvalue weighted by atomic mass is 9.97. The molecule has 1 N–H and O–H groups in total. The van der Waals surface area contributed by atoms with E-state index < -0.39 is 0 Å². The summed E-state index contributed by atoms with van der Waals surface area (Å²) in [6.07, 6.45) is 0. The summed E-state index contributed by atoms with van der Waals surface area (Å²) >= 11 is 0. The highest BCUT2D eigenvalue weighted by atomic mass is 16.5. The quantitative estimate of drug-likeness (QED) is 0.465. The molecule has 0 spiro atoms. The molecule has 0 heterocycles. The Bertz CT molecular complexity index is 1050. The van der Waals surface area contributed by atoms with Crippen LogP contribution in [0.25, 0.3) is 21.5 Å². The molecule has 0 saturated carbocycles. The highest BCUT2D eigenvalue weighted by molar-refractivity contribution is 5.93. The van der Waals surface area contributed by atoms with Crippen LogP contribution in [-0.4, -0.2) is 13.7 Å². The summed E-state index contributed by atoms with van der Waals surface area (Å²) in [5, 5.41) is 8.63. The molecule has 4 aromatic carbocycles. The largest absolute Gasteiger partial charge is 0.497 e. The maximum Gasteiger partial charge on any atom is 0.119 e. The monoisotopic (exact) mass is 341 g/mol. The van der Waals surface area contributed by atoms with Gasteiger partial charge in [-0.2, -0.15) is 0 Å². The smallest absolute Gasteiger partial charge is 0.119 e. The average Bonchev–Trinajstić information content (AvgIpc) is 2.71. The molecule has 0 bridgehead atoms. The predicted molar refractivity (Wildman–Crippen MR) is 111 cm³/mol. The van der Waals surface area contributed by atoms with Crippen LogP contribution in [-0.2, 0) is 0 Å². The third kappa shape index (κ3) is 3.23. The van der Waals surface area contributed by atoms with E-state index in [1.54, 1.807) is 7.11 Å². The molecule has 130 valence electrons. The molecule has 0 aliphatic rings. The van der Waals surface area contributed by atoms with Crippen molar-refractivity contribution in [2.45, 2.75) is 12.8 Å². The molecule has 0 aliphatic carbocycles. The van der Waals surface area contributed by atoms with Gasteiger partial charge in [0.15, 0.2) is 0 Å². The molecule has 0 aliphatic heterocycles. The van der Waals surface area contributed by atoms with E-state index in [0.29, 0.717) is 5.92 Å². The molecule has 26 heavy (non-hydrogen) atoms. The zero-order chi connectivity index (χ0) is 17.9. The zero-order valence-corrected chi connectivity index (χ0v) is 15.2. The topological polar surface area (TPSA) is 21.3 Å². The van der Waals surface area contributed by atoms with Crippen molar-refractivity contribution >= 4 is 27.2 Å². The Labute approximate surface area is 154 Å². The van der Waals surface area contributed by atoms with Gasteiger partial charge in [-0.1, -0.05) is 67.6 Å². The Morgan fingerprint density at radius 1 is 0.808 bits per heavy atom. The van der Waals surface area contributed by atoms with Crippen molar-refractivity contribution in [2.24, 2.45) is 0 Å². The Morgan fingerprint density at radius 3 is 2.46 bits per heavy atom. The maximum absolute atomic E-state index is 5.31. The van der Waals surface area contributed by atoms with Gasteiger partial charge in [-0.25, -0.2) is 0 Å². The van der Waals surface area contributed by atoms with Crippen molar-refractivity contribution in [1.29, 1.82) is 0 Å².